The quantitative estimate of drug-likeness (QED) is 0.758. The number of hydrogen-bond acceptors (Lipinski definition) is 2. The molecule has 0 amide bonds. The molecule has 0 bridgehead atoms. The summed E-state index contributed by atoms with van der Waals surface area (Å²) in [6.45, 7) is 5.00. The summed E-state index contributed by atoms with van der Waals surface area (Å²) < 4.78 is 0. The molecule has 1 rings (SSSR count). The van der Waals surface area contributed by atoms with Gasteiger partial charge in [0.05, 0.1) is 5.56 Å². The largest absolute Gasteiger partial charge is 0.478 e. The molecule has 0 fully saturated rings. The molecule has 0 aliphatic rings. The Labute approximate surface area is 84.6 Å². The predicted octanol–water partition coefficient (Wildman–Crippen LogP) is 1.99. The van der Waals surface area contributed by atoms with Gasteiger partial charge in [-0.25, -0.2) is 4.79 Å². The molecule has 1 aromatic carbocycles. The van der Waals surface area contributed by atoms with Crippen LogP contribution in [-0.2, 0) is 0 Å². The Bertz CT molecular complexity index is 257. The van der Waals surface area contributed by atoms with Gasteiger partial charge in [-0.15, -0.1) is 0 Å². The number of nitrogens with two attached hydrogens (primary N) is 1. The molecule has 0 radical (unpaired) electrons. The van der Waals surface area contributed by atoms with E-state index in [2.05, 4.69) is 13.8 Å². The Kier molecular flexibility index (Phi) is 6.41. The van der Waals surface area contributed by atoms with Crippen LogP contribution in [0.5, 0.6) is 0 Å². The van der Waals surface area contributed by atoms with Crippen LogP contribution < -0.4 is 5.73 Å². The van der Waals surface area contributed by atoms with Crippen molar-refractivity contribution in [1.82, 2.24) is 0 Å². The van der Waals surface area contributed by atoms with Crippen molar-refractivity contribution in [3.63, 3.8) is 0 Å². The zero-order valence-electron chi connectivity index (χ0n) is 8.60. The van der Waals surface area contributed by atoms with Gasteiger partial charge in [0, 0.05) is 0 Å². The molecule has 0 aliphatic carbocycles. The van der Waals surface area contributed by atoms with Crippen molar-refractivity contribution < 1.29 is 9.90 Å². The minimum atomic E-state index is -0.879. The Hall–Kier alpha value is -1.35. The summed E-state index contributed by atoms with van der Waals surface area (Å²) in [5.74, 6) is -0.217. The fraction of sp³-hybridized carbons (Fsp3) is 0.364. The van der Waals surface area contributed by atoms with Gasteiger partial charge in [0.2, 0.25) is 0 Å². The molecule has 1 aromatic rings. The van der Waals surface area contributed by atoms with Gasteiger partial charge in [-0.2, -0.15) is 0 Å². The van der Waals surface area contributed by atoms with E-state index in [1.807, 2.05) is 0 Å². The number of rotatable bonds is 2. The lowest BCUT2D eigenvalue weighted by Gasteiger charge is -1.91. The van der Waals surface area contributed by atoms with E-state index in [0.717, 1.165) is 6.54 Å². The van der Waals surface area contributed by atoms with Crippen molar-refractivity contribution >= 4 is 5.97 Å². The van der Waals surface area contributed by atoms with Crippen molar-refractivity contribution in [1.29, 1.82) is 0 Å². The maximum absolute atomic E-state index is 10.2. The number of carbonyl (C=O) groups is 1. The highest BCUT2D eigenvalue weighted by atomic mass is 16.4. The molecule has 14 heavy (non-hydrogen) atoms. The fourth-order valence-corrected chi connectivity index (χ4v) is 0.581. The van der Waals surface area contributed by atoms with E-state index < -0.39 is 5.97 Å². The summed E-state index contributed by atoms with van der Waals surface area (Å²) in [6.07, 6.45) is 0. The van der Waals surface area contributed by atoms with Crippen LogP contribution in [0.2, 0.25) is 0 Å². The van der Waals surface area contributed by atoms with Crippen molar-refractivity contribution in [3.8, 4) is 0 Å². The zero-order chi connectivity index (χ0) is 11.0. The van der Waals surface area contributed by atoms with E-state index in [0.29, 0.717) is 11.5 Å². The van der Waals surface area contributed by atoms with Crippen LogP contribution in [0.1, 0.15) is 24.2 Å². The molecule has 0 atom stereocenters. The summed E-state index contributed by atoms with van der Waals surface area (Å²) in [7, 11) is 0. The van der Waals surface area contributed by atoms with E-state index in [1.54, 1.807) is 30.3 Å². The average Bonchev–Trinajstić information content (AvgIpc) is 2.20. The van der Waals surface area contributed by atoms with E-state index >= 15 is 0 Å². The first-order valence-corrected chi connectivity index (χ1v) is 4.56. The Morgan fingerprint density at radius 3 is 2.00 bits per heavy atom. The van der Waals surface area contributed by atoms with Gasteiger partial charge < -0.3 is 10.8 Å². The van der Waals surface area contributed by atoms with E-state index in [-0.39, 0.29) is 0 Å². The smallest absolute Gasteiger partial charge is 0.335 e. The number of aromatic carboxylic acids is 1. The third-order valence-corrected chi connectivity index (χ3v) is 1.49. The lowest BCUT2D eigenvalue weighted by Crippen LogP contribution is -2.05. The second kappa shape index (κ2) is 7.09. The van der Waals surface area contributed by atoms with Crippen molar-refractivity contribution in [3.05, 3.63) is 35.9 Å². The van der Waals surface area contributed by atoms with Gasteiger partial charge in [-0.1, -0.05) is 32.0 Å². The van der Waals surface area contributed by atoms with Gasteiger partial charge in [0.15, 0.2) is 0 Å². The maximum Gasteiger partial charge on any atom is 0.335 e. The SMILES string of the molecule is CC(C)CN.O=C(O)c1ccccc1. The average molecular weight is 195 g/mol. The van der Waals surface area contributed by atoms with Crippen molar-refractivity contribution in [2.45, 2.75) is 13.8 Å². The first-order chi connectivity index (χ1) is 6.57. The summed E-state index contributed by atoms with van der Waals surface area (Å²) >= 11 is 0. The van der Waals surface area contributed by atoms with E-state index in [4.69, 9.17) is 10.8 Å². The maximum atomic E-state index is 10.2. The molecule has 78 valence electrons. The molecule has 3 heteroatoms. The van der Waals surface area contributed by atoms with Crippen LogP contribution in [0.25, 0.3) is 0 Å². The topological polar surface area (TPSA) is 63.3 Å². The highest BCUT2D eigenvalue weighted by Crippen LogP contribution is 1.96. The highest BCUT2D eigenvalue weighted by molar-refractivity contribution is 5.87. The van der Waals surface area contributed by atoms with Gasteiger partial charge in [-0.05, 0) is 24.6 Å². The molecular formula is C11H17NO2. The van der Waals surface area contributed by atoms with Crippen LogP contribution in [0.4, 0.5) is 0 Å². The molecule has 0 heterocycles. The molecule has 3 N–H and O–H groups in total. The summed E-state index contributed by atoms with van der Waals surface area (Å²) in [5, 5.41) is 8.38. The van der Waals surface area contributed by atoms with Gasteiger partial charge >= 0.3 is 5.97 Å². The molecule has 0 spiro atoms. The van der Waals surface area contributed by atoms with Crippen molar-refractivity contribution in [2.24, 2.45) is 11.7 Å². The van der Waals surface area contributed by atoms with Crippen LogP contribution in [0, 0.1) is 5.92 Å². The standard InChI is InChI=1S/C7H6O2.C4H11N/c8-7(9)6-4-2-1-3-5-6;1-4(2)3-5/h1-5H,(H,8,9);4H,3,5H2,1-2H3. The molecule has 0 aliphatic heterocycles. The van der Waals surface area contributed by atoms with Gasteiger partial charge in [0.1, 0.15) is 0 Å². The Balaban J connectivity index is 0.000000292. The summed E-state index contributed by atoms with van der Waals surface area (Å²) in [5.41, 5.74) is 5.50. The first-order valence-electron chi connectivity index (χ1n) is 4.56. The van der Waals surface area contributed by atoms with Crippen LogP contribution in [-0.4, -0.2) is 17.6 Å². The molecule has 0 saturated carbocycles. The zero-order valence-corrected chi connectivity index (χ0v) is 8.60. The normalized spacial score (nSPS) is 9.14. The molecule has 3 nitrogen and oxygen atoms in total. The predicted molar refractivity (Wildman–Crippen MR) is 57.3 cm³/mol. The first kappa shape index (κ1) is 12.7. The lowest BCUT2D eigenvalue weighted by molar-refractivity contribution is 0.0697. The summed E-state index contributed by atoms with van der Waals surface area (Å²) in [4.78, 5) is 10.2. The minimum absolute atomic E-state index is 0.331. The number of carboxylic acid groups (broad SMARTS) is 1. The van der Waals surface area contributed by atoms with E-state index in [9.17, 15) is 4.79 Å². The summed E-state index contributed by atoms with van der Waals surface area (Å²) in [6, 6.07) is 8.30. The van der Waals surface area contributed by atoms with Crippen LogP contribution in [0.15, 0.2) is 30.3 Å². The van der Waals surface area contributed by atoms with Crippen LogP contribution in [0.3, 0.4) is 0 Å². The fourth-order valence-electron chi connectivity index (χ4n) is 0.581. The number of hydrogen-bond donors (Lipinski definition) is 2. The third-order valence-electron chi connectivity index (χ3n) is 1.49. The second-order valence-electron chi connectivity index (χ2n) is 3.30. The highest BCUT2D eigenvalue weighted by Gasteiger charge is 1.96. The monoisotopic (exact) mass is 195 g/mol. The Morgan fingerprint density at radius 2 is 1.79 bits per heavy atom. The molecule has 0 saturated heterocycles. The van der Waals surface area contributed by atoms with Crippen LogP contribution >= 0.6 is 0 Å². The number of benzene rings is 1. The Morgan fingerprint density at radius 1 is 1.36 bits per heavy atom. The molecule has 0 unspecified atom stereocenters. The van der Waals surface area contributed by atoms with Crippen molar-refractivity contribution in [2.75, 3.05) is 6.54 Å². The van der Waals surface area contributed by atoms with E-state index in [1.165, 1.54) is 0 Å². The third kappa shape index (κ3) is 6.20. The molecular weight excluding hydrogens is 178 g/mol. The molecule has 0 aromatic heterocycles. The minimum Gasteiger partial charge on any atom is -0.478 e. The lowest BCUT2D eigenvalue weighted by atomic mass is 10.2. The number of carboxylic acids is 1. The van der Waals surface area contributed by atoms with Gasteiger partial charge in [0.25, 0.3) is 0 Å². The second-order valence-corrected chi connectivity index (χ2v) is 3.30. The van der Waals surface area contributed by atoms with Gasteiger partial charge in [-0.3, -0.25) is 0 Å².